The van der Waals surface area contributed by atoms with Crippen molar-refractivity contribution in [3.63, 3.8) is 0 Å². The molecule has 0 radical (unpaired) electrons. The Bertz CT molecular complexity index is 1120. The van der Waals surface area contributed by atoms with Gasteiger partial charge < -0.3 is 40.2 Å². The lowest BCUT2D eigenvalue weighted by Crippen LogP contribution is -2.34. The summed E-state index contributed by atoms with van der Waals surface area (Å²) >= 11 is 0. The SMILES string of the molecule is COc1ccc(CNc2nc(NCCOCCNC(=O)OC(C)(C)C)nc(NCc3ccc(OC)cc3)n2)cc1. The van der Waals surface area contributed by atoms with Crippen LogP contribution in [0.25, 0.3) is 0 Å². The molecule has 0 aliphatic carbocycles. The number of nitrogens with zero attached hydrogens (tertiary/aromatic N) is 3. The number of alkyl carbamates (subject to hydrolysis) is 1. The van der Waals surface area contributed by atoms with Gasteiger partial charge in [0.05, 0.1) is 27.4 Å². The summed E-state index contributed by atoms with van der Waals surface area (Å²) in [5.74, 6) is 2.84. The number of rotatable bonds is 15. The quantitative estimate of drug-likeness (QED) is 0.202. The maximum Gasteiger partial charge on any atom is 0.407 e. The molecule has 40 heavy (non-hydrogen) atoms. The highest BCUT2D eigenvalue weighted by molar-refractivity contribution is 5.67. The molecule has 2 aromatic carbocycles. The van der Waals surface area contributed by atoms with Gasteiger partial charge in [-0.25, -0.2) is 4.79 Å². The van der Waals surface area contributed by atoms with Gasteiger partial charge in [0.15, 0.2) is 0 Å². The molecule has 3 aromatic rings. The number of ether oxygens (including phenoxy) is 4. The van der Waals surface area contributed by atoms with Gasteiger partial charge in [-0.1, -0.05) is 24.3 Å². The summed E-state index contributed by atoms with van der Waals surface area (Å²) in [6, 6.07) is 15.5. The van der Waals surface area contributed by atoms with E-state index in [9.17, 15) is 4.79 Å². The second-order valence-electron chi connectivity index (χ2n) is 9.68. The molecular weight excluding hydrogens is 514 g/mol. The molecule has 12 nitrogen and oxygen atoms in total. The van der Waals surface area contributed by atoms with Crippen LogP contribution >= 0.6 is 0 Å². The Morgan fingerprint density at radius 1 is 0.700 bits per heavy atom. The first kappa shape index (κ1) is 30.2. The maximum atomic E-state index is 11.7. The third-order valence-electron chi connectivity index (χ3n) is 5.30. The van der Waals surface area contributed by atoms with E-state index in [1.54, 1.807) is 14.2 Å². The molecule has 0 bridgehead atoms. The van der Waals surface area contributed by atoms with Crippen LogP contribution in [0.15, 0.2) is 48.5 Å². The van der Waals surface area contributed by atoms with Crippen molar-refractivity contribution in [2.24, 2.45) is 0 Å². The van der Waals surface area contributed by atoms with E-state index in [4.69, 9.17) is 18.9 Å². The van der Waals surface area contributed by atoms with Crippen molar-refractivity contribution in [2.45, 2.75) is 39.5 Å². The molecule has 0 unspecified atom stereocenters. The lowest BCUT2D eigenvalue weighted by Gasteiger charge is -2.19. The first-order valence-corrected chi connectivity index (χ1v) is 13.0. The van der Waals surface area contributed by atoms with Crippen molar-refractivity contribution in [3.8, 4) is 11.5 Å². The number of carbonyl (C=O) groups excluding carboxylic acids is 1. The Balaban J connectivity index is 1.53. The van der Waals surface area contributed by atoms with Crippen LogP contribution in [0, 0.1) is 0 Å². The third kappa shape index (κ3) is 11.2. The van der Waals surface area contributed by atoms with Crippen molar-refractivity contribution in [1.29, 1.82) is 0 Å². The highest BCUT2D eigenvalue weighted by Crippen LogP contribution is 2.16. The number of methoxy groups -OCH3 is 2. The number of nitrogens with one attached hydrogen (secondary N) is 4. The summed E-state index contributed by atoms with van der Waals surface area (Å²) in [6.07, 6.45) is -0.469. The third-order valence-corrected chi connectivity index (χ3v) is 5.30. The maximum absolute atomic E-state index is 11.7. The summed E-state index contributed by atoms with van der Waals surface area (Å²) < 4.78 is 21.2. The second kappa shape index (κ2) is 15.3. The smallest absolute Gasteiger partial charge is 0.407 e. The molecule has 3 rings (SSSR count). The van der Waals surface area contributed by atoms with Gasteiger partial charge in [-0.05, 0) is 56.2 Å². The molecule has 216 valence electrons. The van der Waals surface area contributed by atoms with Crippen molar-refractivity contribution in [3.05, 3.63) is 59.7 Å². The summed E-state index contributed by atoms with van der Waals surface area (Å²) in [5, 5.41) is 12.3. The number of carbonyl (C=O) groups is 1. The Morgan fingerprint density at radius 2 is 1.15 bits per heavy atom. The minimum absolute atomic E-state index is 0.347. The molecule has 12 heteroatoms. The van der Waals surface area contributed by atoms with Gasteiger partial charge in [0, 0.05) is 26.2 Å². The standard InChI is InChI=1S/C28H39N7O5/c1-28(2,3)40-27(36)30-15-17-39-16-14-29-24-33-25(31-18-20-6-10-22(37-4)11-7-20)35-26(34-24)32-19-21-8-12-23(38-5)13-9-21/h6-13H,14-19H2,1-5H3,(H,30,36)(H3,29,31,32,33,34,35). The molecule has 0 saturated heterocycles. The fourth-order valence-electron chi connectivity index (χ4n) is 3.34. The molecule has 1 heterocycles. The zero-order valence-electron chi connectivity index (χ0n) is 23.7. The van der Waals surface area contributed by atoms with Gasteiger partial charge in [-0.15, -0.1) is 0 Å². The van der Waals surface area contributed by atoms with E-state index in [0.717, 1.165) is 22.6 Å². The number of amides is 1. The first-order valence-electron chi connectivity index (χ1n) is 13.0. The van der Waals surface area contributed by atoms with Gasteiger partial charge in [-0.2, -0.15) is 15.0 Å². The largest absolute Gasteiger partial charge is 0.497 e. The van der Waals surface area contributed by atoms with Gasteiger partial charge in [0.2, 0.25) is 17.8 Å². The zero-order valence-corrected chi connectivity index (χ0v) is 23.7. The molecule has 1 aromatic heterocycles. The molecule has 0 aliphatic heterocycles. The molecule has 0 aliphatic rings. The second-order valence-corrected chi connectivity index (χ2v) is 9.68. The topological polar surface area (TPSA) is 141 Å². The van der Waals surface area contributed by atoms with E-state index in [-0.39, 0.29) is 0 Å². The Kier molecular flexibility index (Phi) is 11.6. The molecule has 0 fully saturated rings. The fraction of sp³-hybridized carbons (Fsp3) is 0.429. The summed E-state index contributed by atoms with van der Waals surface area (Å²) in [5.41, 5.74) is 1.57. The van der Waals surface area contributed by atoms with Gasteiger partial charge in [0.1, 0.15) is 17.1 Å². The van der Waals surface area contributed by atoms with Crippen LogP contribution in [0.5, 0.6) is 11.5 Å². The number of anilines is 3. The molecule has 0 spiro atoms. The Hall–Kier alpha value is -4.32. The fourth-order valence-corrected chi connectivity index (χ4v) is 3.34. The Morgan fingerprint density at radius 3 is 1.60 bits per heavy atom. The molecule has 0 atom stereocenters. The molecule has 0 saturated carbocycles. The molecule has 4 N–H and O–H groups in total. The minimum Gasteiger partial charge on any atom is -0.497 e. The zero-order chi connectivity index (χ0) is 28.8. The average Bonchev–Trinajstić information content (AvgIpc) is 2.94. The number of hydrogen-bond donors (Lipinski definition) is 4. The van der Waals surface area contributed by atoms with Crippen LogP contribution in [0.4, 0.5) is 22.6 Å². The summed E-state index contributed by atoms with van der Waals surface area (Å²) in [4.78, 5) is 25.2. The van der Waals surface area contributed by atoms with Crippen LogP contribution in [-0.4, -0.2) is 67.2 Å². The van der Waals surface area contributed by atoms with Crippen molar-refractivity contribution in [2.75, 3.05) is 56.5 Å². The lowest BCUT2D eigenvalue weighted by molar-refractivity contribution is 0.0502. The minimum atomic E-state index is -0.538. The van der Waals surface area contributed by atoms with Crippen LogP contribution in [-0.2, 0) is 22.6 Å². The number of aromatic nitrogens is 3. The Labute approximate surface area is 235 Å². The molecule has 1 amide bonds. The van der Waals surface area contributed by atoms with Crippen LogP contribution < -0.4 is 30.7 Å². The highest BCUT2D eigenvalue weighted by atomic mass is 16.6. The van der Waals surface area contributed by atoms with E-state index in [1.807, 2.05) is 69.3 Å². The molecular formula is C28H39N7O5. The van der Waals surface area contributed by atoms with E-state index in [1.165, 1.54) is 0 Å². The summed E-state index contributed by atoms with van der Waals surface area (Å²) in [6.45, 7) is 8.05. The normalized spacial score (nSPS) is 10.9. The van der Waals surface area contributed by atoms with Gasteiger partial charge in [0.25, 0.3) is 0 Å². The van der Waals surface area contributed by atoms with Gasteiger partial charge >= 0.3 is 6.09 Å². The van der Waals surface area contributed by atoms with E-state index in [2.05, 4.69) is 36.2 Å². The van der Waals surface area contributed by atoms with Crippen molar-refractivity contribution in [1.82, 2.24) is 20.3 Å². The monoisotopic (exact) mass is 553 g/mol. The first-order chi connectivity index (χ1) is 19.2. The van der Waals surface area contributed by atoms with Crippen molar-refractivity contribution >= 4 is 23.9 Å². The van der Waals surface area contributed by atoms with Crippen LogP contribution in [0.3, 0.4) is 0 Å². The van der Waals surface area contributed by atoms with Crippen molar-refractivity contribution < 1.29 is 23.7 Å². The average molecular weight is 554 g/mol. The van der Waals surface area contributed by atoms with E-state index in [0.29, 0.717) is 57.2 Å². The van der Waals surface area contributed by atoms with E-state index < -0.39 is 11.7 Å². The predicted octanol–water partition coefficient (Wildman–Crippen LogP) is 4.07. The van der Waals surface area contributed by atoms with Gasteiger partial charge in [-0.3, -0.25) is 0 Å². The van der Waals surface area contributed by atoms with Crippen LogP contribution in [0.2, 0.25) is 0 Å². The van der Waals surface area contributed by atoms with Crippen LogP contribution in [0.1, 0.15) is 31.9 Å². The number of benzene rings is 2. The number of hydrogen-bond acceptors (Lipinski definition) is 11. The summed E-state index contributed by atoms with van der Waals surface area (Å²) in [7, 11) is 3.28. The predicted molar refractivity (Wildman–Crippen MR) is 154 cm³/mol. The lowest BCUT2D eigenvalue weighted by atomic mass is 10.2. The van der Waals surface area contributed by atoms with E-state index >= 15 is 0 Å². The highest BCUT2D eigenvalue weighted by Gasteiger charge is 2.15.